The van der Waals surface area contributed by atoms with Gasteiger partial charge in [-0.2, -0.15) is 5.10 Å². The van der Waals surface area contributed by atoms with E-state index in [2.05, 4.69) is 20.1 Å². The third-order valence-electron chi connectivity index (χ3n) is 3.90. The molecule has 4 rings (SSSR count). The molecule has 0 aliphatic heterocycles. The maximum Gasteiger partial charge on any atom is 0.165 e. The number of hydrogen-bond donors (Lipinski definition) is 1. The maximum atomic E-state index is 13.6. The van der Waals surface area contributed by atoms with Crippen molar-refractivity contribution in [1.82, 2.24) is 24.7 Å². The number of aryl methyl sites for hydroxylation is 1. The number of ether oxygens (including phenoxy) is 1. The number of benzene rings is 2. The number of nitrogens with one attached hydrogen (secondary N) is 1. The van der Waals surface area contributed by atoms with Gasteiger partial charge in [-0.3, -0.25) is 0 Å². The molecular weight excluding hydrogens is 309 g/mol. The molecule has 7 heteroatoms. The lowest BCUT2D eigenvalue weighted by molar-refractivity contribution is 0.386. The first-order valence-electron chi connectivity index (χ1n) is 7.35. The standard InChI is InChI=1S/C17H14FN5O/c1-10-5-11(6-14-16(10)20-8-19-14)17-21-9-22-23(17)12-3-4-13(18)15(7-12)24-2/h3-9H,1-2H3,(H,19,20). The number of H-pyrrole nitrogens is 1. The second-order valence-corrected chi connectivity index (χ2v) is 5.41. The topological polar surface area (TPSA) is 68.6 Å². The number of aromatic amines is 1. The Bertz CT molecular complexity index is 1040. The van der Waals surface area contributed by atoms with Crippen LogP contribution in [-0.2, 0) is 0 Å². The number of methoxy groups -OCH3 is 1. The van der Waals surface area contributed by atoms with Gasteiger partial charge in [0.1, 0.15) is 6.33 Å². The van der Waals surface area contributed by atoms with Crippen molar-refractivity contribution >= 4 is 11.0 Å². The number of aromatic nitrogens is 5. The van der Waals surface area contributed by atoms with Crippen molar-refractivity contribution in [2.24, 2.45) is 0 Å². The zero-order valence-electron chi connectivity index (χ0n) is 13.1. The largest absolute Gasteiger partial charge is 0.494 e. The molecule has 0 unspecified atom stereocenters. The number of imidazole rings is 1. The van der Waals surface area contributed by atoms with Gasteiger partial charge >= 0.3 is 0 Å². The highest BCUT2D eigenvalue weighted by Gasteiger charge is 2.14. The SMILES string of the molecule is COc1cc(-n2ncnc2-c2cc(C)c3nc[nH]c3c2)ccc1F. The van der Waals surface area contributed by atoms with Crippen LogP contribution in [-0.4, -0.2) is 31.8 Å². The van der Waals surface area contributed by atoms with E-state index in [9.17, 15) is 4.39 Å². The van der Waals surface area contributed by atoms with E-state index in [-0.39, 0.29) is 5.75 Å². The molecule has 24 heavy (non-hydrogen) atoms. The lowest BCUT2D eigenvalue weighted by Crippen LogP contribution is -2.01. The average molecular weight is 323 g/mol. The fourth-order valence-electron chi connectivity index (χ4n) is 2.76. The Kier molecular flexibility index (Phi) is 3.26. The van der Waals surface area contributed by atoms with Gasteiger partial charge in [-0.1, -0.05) is 0 Å². The Balaban J connectivity index is 1.87. The van der Waals surface area contributed by atoms with Crippen molar-refractivity contribution in [1.29, 1.82) is 0 Å². The van der Waals surface area contributed by atoms with Gasteiger partial charge in [0.2, 0.25) is 0 Å². The van der Waals surface area contributed by atoms with E-state index in [0.29, 0.717) is 11.5 Å². The fourth-order valence-corrected chi connectivity index (χ4v) is 2.76. The van der Waals surface area contributed by atoms with Gasteiger partial charge in [0.25, 0.3) is 0 Å². The summed E-state index contributed by atoms with van der Waals surface area (Å²) in [6.45, 7) is 1.99. The molecule has 0 fully saturated rings. The molecule has 2 aromatic heterocycles. The Labute approximate surface area is 136 Å². The molecule has 2 aromatic carbocycles. The number of rotatable bonds is 3. The fraction of sp³-hybridized carbons (Fsp3) is 0.118. The summed E-state index contributed by atoms with van der Waals surface area (Å²) in [5.74, 6) is 0.398. The number of fused-ring (bicyclic) bond motifs is 1. The molecule has 6 nitrogen and oxygen atoms in total. The molecule has 0 saturated heterocycles. The third kappa shape index (κ3) is 2.21. The van der Waals surface area contributed by atoms with Crippen LogP contribution in [0.4, 0.5) is 4.39 Å². The zero-order valence-corrected chi connectivity index (χ0v) is 13.1. The number of nitrogens with zero attached hydrogens (tertiary/aromatic N) is 4. The van der Waals surface area contributed by atoms with E-state index in [1.807, 2.05) is 19.1 Å². The van der Waals surface area contributed by atoms with E-state index >= 15 is 0 Å². The van der Waals surface area contributed by atoms with Crippen LogP contribution in [0, 0.1) is 12.7 Å². The predicted octanol–water partition coefficient (Wildman–Crippen LogP) is 3.27. The highest BCUT2D eigenvalue weighted by atomic mass is 19.1. The van der Waals surface area contributed by atoms with Crippen LogP contribution in [0.2, 0.25) is 0 Å². The van der Waals surface area contributed by atoms with Crippen molar-refractivity contribution in [2.75, 3.05) is 7.11 Å². The Morgan fingerprint density at radius 1 is 1.17 bits per heavy atom. The van der Waals surface area contributed by atoms with E-state index in [4.69, 9.17) is 4.74 Å². The van der Waals surface area contributed by atoms with Gasteiger partial charge in [0.05, 0.1) is 30.2 Å². The summed E-state index contributed by atoms with van der Waals surface area (Å²) in [6, 6.07) is 8.55. The maximum absolute atomic E-state index is 13.6. The van der Waals surface area contributed by atoms with Crippen LogP contribution in [0.3, 0.4) is 0 Å². The molecule has 2 heterocycles. The summed E-state index contributed by atoms with van der Waals surface area (Å²) in [6.07, 6.45) is 3.13. The minimum absolute atomic E-state index is 0.161. The Morgan fingerprint density at radius 2 is 2.04 bits per heavy atom. The molecule has 0 spiro atoms. The van der Waals surface area contributed by atoms with E-state index < -0.39 is 5.82 Å². The second kappa shape index (κ2) is 5.45. The lowest BCUT2D eigenvalue weighted by atomic mass is 10.1. The summed E-state index contributed by atoms with van der Waals surface area (Å²) >= 11 is 0. The van der Waals surface area contributed by atoms with Crippen molar-refractivity contribution in [3.63, 3.8) is 0 Å². The van der Waals surface area contributed by atoms with Crippen LogP contribution < -0.4 is 4.74 Å². The molecule has 0 aliphatic rings. The Morgan fingerprint density at radius 3 is 2.88 bits per heavy atom. The van der Waals surface area contributed by atoms with Crippen molar-refractivity contribution < 1.29 is 9.13 Å². The van der Waals surface area contributed by atoms with Crippen molar-refractivity contribution in [3.05, 3.63) is 54.4 Å². The van der Waals surface area contributed by atoms with Gasteiger partial charge in [-0.25, -0.2) is 19.0 Å². The van der Waals surface area contributed by atoms with Crippen LogP contribution >= 0.6 is 0 Å². The van der Waals surface area contributed by atoms with E-state index in [1.165, 1.54) is 19.5 Å². The van der Waals surface area contributed by atoms with Gasteiger partial charge in [0.15, 0.2) is 17.4 Å². The number of hydrogen-bond acceptors (Lipinski definition) is 4. The molecule has 0 amide bonds. The van der Waals surface area contributed by atoms with Gasteiger partial charge in [-0.05, 0) is 36.8 Å². The molecule has 4 aromatic rings. The van der Waals surface area contributed by atoms with Gasteiger partial charge in [0, 0.05) is 11.6 Å². The zero-order chi connectivity index (χ0) is 16.7. The number of halogens is 1. The summed E-state index contributed by atoms with van der Waals surface area (Å²) in [4.78, 5) is 11.8. The molecule has 0 bridgehead atoms. The summed E-state index contributed by atoms with van der Waals surface area (Å²) in [7, 11) is 1.43. The summed E-state index contributed by atoms with van der Waals surface area (Å²) < 4.78 is 20.3. The molecule has 120 valence electrons. The molecule has 0 saturated carbocycles. The summed E-state index contributed by atoms with van der Waals surface area (Å²) in [5, 5.41) is 4.27. The Hall–Kier alpha value is -3.22. The molecule has 0 aliphatic carbocycles. The highest BCUT2D eigenvalue weighted by Crippen LogP contribution is 2.27. The molecule has 0 atom stereocenters. The molecular formula is C17H14FN5O. The minimum atomic E-state index is -0.419. The highest BCUT2D eigenvalue weighted by molar-refractivity contribution is 5.83. The van der Waals surface area contributed by atoms with Crippen LogP contribution in [0.5, 0.6) is 5.75 Å². The van der Waals surface area contributed by atoms with Crippen molar-refractivity contribution in [3.8, 4) is 22.8 Å². The van der Waals surface area contributed by atoms with Crippen molar-refractivity contribution in [2.45, 2.75) is 6.92 Å². The van der Waals surface area contributed by atoms with E-state index in [1.54, 1.807) is 23.1 Å². The normalized spacial score (nSPS) is 11.1. The average Bonchev–Trinajstić information content (AvgIpc) is 3.24. The predicted molar refractivity (Wildman–Crippen MR) is 87.7 cm³/mol. The smallest absolute Gasteiger partial charge is 0.165 e. The van der Waals surface area contributed by atoms with E-state index in [0.717, 1.165) is 22.2 Å². The van der Waals surface area contributed by atoms with Gasteiger partial charge in [-0.15, -0.1) is 0 Å². The quantitative estimate of drug-likeness (QED) is 0.628. The molecule has 0 radical (unpaired) electrons. The first-order chi connectivity index (χ1) is 11.7. The lowest BCUT2D eigenvalue weighted by Gasteiger charge is -2.09. The van der Waals surface area contributed by atoms with Crippen LogP contribution in [0.1, 0.15) is 5.56 Å². The van der Waals surface area contributed by atoms with Crippen LogP contribution in [0.15, 0.2) is 43.0 Å². The first-order valence-corrected chi connectivity index (χ1v) is 7.35. The molecule has 1 N–H and O–H groups in total. The van der Waals surface area contributed by atoms with Gasteiger partial charge < -0.3 is 9.72 Å². The first kappa shape index (κ1) is 14.4. The second-order valence-electron chi connectivity index (χ2n) is 5.41. The third-order valence-corrected chi connectivity index (χ3v) is 3.90. The minimum Gasteiger partial charge on any atom is -0.494 e. The van der Waals surface area contributed by atoms with Crippen LogP contribution in [0.25, 0.3) is 28.1 Å². The summed E-state index contributed by atoms with van der Waals surface area (Å²) in [5.41, 5.74) is 4.45. The monoisotopic (exact) mass is 323 g/mol.